The molecular weight excluding hydrogens is 416 g/mol. The Morgan fingerprint density at radius 2 is 1.94 bits per heavy atom. The van der Waals surface area contributed by atoms with Crippen LogP contribution in [-0.2, 0) is 6.42 Å². The molecule has 1 fully saturated rings. The van der Waals surface area contributed by atoms with Gasteiger partial charge in [-0.25, -0.2) is 4.98 Å². The van der Waals surface area contributed by atoms with Crippen molar-refractivity contribution in [2.75, 3.05) is 18.6 Å². The molecule has 1 aromatic carbocycles. The van der Waals surface area contributed by atoms with Gasteiger partial charge >= 0.3 is 0 Å². The van der Waals surface area contributed by atoms with Gasteiger partial charge in [-0.05, 0) is 70.2 Å². The van der Waals surface area contributed by atoms with Crippen LogP contribution in [-0.4, -0.2) is 44.4 Å². The number of aryl methyl sites for hydroxylation is 4. The van der Waals surface area contributed by atoms with Gasteiger partial charge in [-0.1, -0.05) is 11.2 Å². The summed E-state index contributed by atoms with van der Waals surface area (Å²) in [5.74, 6) is 3.29. The number of aromatic nitrogens is 5. The second-order valence-corrected chi connectivity index (χ2v) is 8.91. The fraction of sp³-hybridized carbons (Fsp3) is 0.440. The van der Waals surface area contributed by atoms with Gasteiger partial charge in [-0.2, -0.15) is 14.6 Å². The first-order valence-electron chi connectivity index (χ1n) is 11.5. The van der Waals surface area contributed by atoms with Gasteiger partial charge in [0, 0.05) is 36.3 Å². The molecule has 0 amide bonds. The number of methoxy groups -OCH3 is 1. The highest BCUT2D eigenvalue weighted by Gasteiger charge is 2.28. The molecule has 4 heterocycles. The lowest BCUT2D eigenvalue weighted by Gasteiger charge is -2.37. The van der Waals surface area contributed by atoms with Crippen LogP contribution in [0, 0.1) is 27.7 Å². The molecule has 3 aromatic heterocycles. The van der Waals surface area contributed by atoms with Crippen LogP contribution in [0.1, 0.15) is 47.9 Å². The van der Waals surface area contributed by atoms with E-state index >= 15 is 0 Å². The Morgan fingerprint density at radius 1 is 1.09 bits per heavy atom. The Hall–Kier alpha value is -3.42. The van der Waals surface area contributed by atoms with E-state index in [9.17, 15) is 0 Å². The molecule has 5 rings (SSSR count). The quantitative estimate of drug-likeness (QED) is 0.442. The van der Waals surface area contributed by atoms with Crippen LogP contribution < -0.4 is 9.64 Å². The molecule has 0 spiro atoms. The number of fused-ring (bicyclic) bond motifs is 1. The van der Waals surface area contributed by atoms with Gasteiger partial charge in [0.2, 0.25) is 5.89 Å². The van der Waals surface area contributed by atoms with Crippen LogP contribution in [0.2, 0.25) is 0 Å². The maximum absolute atomic E-state index is 5.44. The van der Waals surface area contributed by atoms with E-state index in [2.05, 4.69) is 54.0 Å². The summed E-state index contributed by atoms with van der Waals surface area (Å²) in [4.78, 5) is 11.8. The Morgan fingerprint density at radius 3 is 2.67 bits per heavy atom. The zero-order valence-corrected chi connectivity index (χ0v) is 19.9. The Kier molecular flexibility index (Phi) is 5.52. The summed E-state index contributed by atoms with van der Waals surface area (Å²) in [6.45, 7) is 9.03. The first-order valence-corrected chi connectivity index (χ1v) is 11.5. The SMILES string of the molecule is COc1ccc(-c2c(C)nn3c(N4CCCCC4Cc4nc(C)no4)cc(C)nc23)c(C)c1. The van der Waals surface area contributed by atoms with Crippen LogP contribution >= 0.6 is 0 Å². The zero-order valence-electron chi connectivity index (χ0n) is 19.9. The second-order valence-electron chi connectivity index (χ2n) is 8.91. The standard InChI is InChI=1S/C25H30N6O2/c1-15-12-20(32-5)9-10-21(15)24-17(3)28-31-23(13-16(2)26-25(24)31)30-11-7-6-8-19(30)14-22-27-18(4)29-33-22/h9-10,12-13,19H,6-8,11,14H2,1-5H3. The van der Waals surface area contributed by atoms with Gasteiger partial charge < -0.3 is 14.2 Å². The summed E-state index contributed by atoms with van der Waals surface area (Å²) in [6, 6.07) is 8.57. The number of hydrogen-bond donors (Lipinski definition) is 0. The molecule has 33 heavy (non-hydrogen) atoms. The van der Waals surface area contributed by atoms with E-state index in [1.54, 1.807) is 7.11 Å². The van der Waals surface area contributed by atoms with Crippen molar-refractivity contribution in [1.82, 2.24) is 24.7 Å². The van der Waals surface area contributed by atoms with Crippen molar-refractivity contribution in [1.29, 1.82) is 0 Å². The zero-order chi connectivity index (χ0) is 23.1. The fourth-order valence-corrected chi connectivity index (χ4v) is 4.93. The first-order chi connectivity index (χ1) is 15.9. The number of benzene rings is 1. The summed E-state index contributed by atoms with van der Waals surface area (Å²) in [6.07, 6.45) is 4.15. The molecule has 1 saturated heterocycles. The Labute approximate surface area is 193 Å². The Balaban J connectivity index is 1.61. The minimum atomic E-state index is 0.277. The molecule has 0 bridgehead atoms. The van der Waals surface area contributed by atoms with Gasteiger partial charge in [0.1, 0.15) is 11.6 Å². The monoisotopic (exact) mass is 446 g/mol. The number of piperidine rings is 1. The molecule has 172 valence electrons. The first kappa shape index (κ1) is 21.4. The summed E-state index contributed by atoms with van der Waals surface area (Å²) in [5.41, 5.74) is 6.16. The van der Waals surface area contributed by atoms with Crippen molar-refractivity contribution in [3.05, 3.63) is 52.9 Å². The third-order valence-corrected chi connectivity index (χ3v) is 6.48. The van der Waals surface area contributed by atoms with Gasteiger partial charge in [0.15, 0.2) is 11.5 Å². The summed E-state index contributed by atoms with van der Waals surface area (Å²) >= 11 is 0. The topological polar surface area (TPSA) is 81.6 Å². The van der Waals surface area contributed by atoms with E-state index in [1.165, 1.54) is 6.42 Å². The van der Waals surface area contributed by atoms with Crippen molar-refractivity contribution in [2.45, 2.75) is 59.4 Å². The molecule has 1 atom stereocenters. The number of ether oxygens (including phenoxy) is 1. The van der Waals surface area contributed by atoms with Crippen molar-refractivity contribution >= 4 is 11.5 Å². The predicted molar refractivity (Wildman–Crippen MR) is 127 cm³/mol. The third kappa shape index (κ3) is 3.94. The van der Waals surface area contributed by atoms with Crippen molar-refractivity contribution in [2.24, 2.45) is 0 Å². The van der Waals surface area contributed by atoms with Crippen LogP contribution in [0.15, 0.2) is 28.8 Å². The molecule has 1 unspecified atom stereocenters. The molecule has 8 heteroatoms. The lowest BCUT2D eigenvalue weighted by Crippen LogP contribution is -2.42. The van der Waals surface area contributed by atoms with Crippen LogP contribution in [0.3, 0.4) is 0 Å². The summed E-state index contributed by atoms with van der Waals surface area (Å²) in [7, 11) is 1.69. The van der Waals surface area contributed by atoms with Crippen LogP contribution in [0.4, 0.5) is 5.82 Å². The van der Waals surface area contributed by atoms with E-state index in [4.69, 9.17) is 19.3 Å². The number of anilines is 1. The average Bonchev–Trinajstić information content (AvgIpc) is 3.35. The molecular formula is C25H30N6O2. The molecule has 8 nitrogen and oxygen atoms in total. The number of hydrogen-bond acceptors (Lipinski definition) is 7. The van der Waals surface area contributed by atoms with Gasteiger partial charge in [-0.3, -0.25) is 0 Å². The molecule has 1 aliphatic rings. The number of nitrogens with zero attached hydrogens (tertiary/aromatic N) is 6. The van der Waals surface area contributed by atoms with Crippen LogP contribution in [0.5, 0.6) is 5.75 Å². The normalized spacial score (nSPS) is 16.5. The van der Waals surface area contributed by atoms with Crippen LogP contribution in [0.25, 0.3) is 16.8 Å². The lowest BCUT2D eigenvalue weighted by atomic mass is 9.99. The molecule has 0 aliphatic carbocycles. The minimum absolute atomic E-state index is 0.277. The molecule has 4 aromatic rings. The van der Waals surface area contributed by atoms with E-state index < -0.39 is 0 Å². The van der Waals surface area contributed by atoms with E-state index in [1.807, 2.05) is 17.5 Å². The van der Waals surface area contributed by atoms with Crippen molar-refractivity contribution in [3.8, 4) is 16.9 Å². The van der Waals surface area contributed by atoms with E-state index in [0.29, 0.717) is 11.7 Å². The highest BCUT2D eigenvalue weighted by molar-refractivity contribution is 5.83. The predicted octanol–water partition coefficient (Wildman–Crippen LogP) is 4.62. The van der Waals surface area contributed by atoms with Crippen molar-refractivity contribution in [3.63, 3.8) is 0 Å². The van der Waals surface area contributed by atoms with E-state index in [0.717, 1.165) is 71.1 Å². The minimum Gasteiger partial charge on any atom is -0.497 e. The lowest BCUT2D eigenvalue weighted by molar-refractivity contribution is 0.347. The highest BCUT2D eigenvalue weighted by atomic mass is 16.5. The molecule has 1 aliphatic heterocycles. The van der Waals surface area contributed by atoms with E-state index in [-0.39, 0.29) is 6.04 Å². The molecule has 0 saturated carbocycles. The second kappa shape index (κ2) is 8.50. The average molecular weight is 447 g/mol. The maximum Gasteiger partial charge on any atom is 0.228 e. The van der Waals surface area contributed by atoms with Crippen molar-refractivity contribution < 1.29 is 9.26 Å². The summed E-state index contributed by atoms with van der Waals surface area (Å²) < 4.78 is 12.9. The smallest absolute Gasteiger partial charge is 0.228 e. The maximum atomic E-state index is 5.44. The molecule has 0 N–H and O–H groups in total. The number of rotatable bonds is 5. The van der Waals surface area contributed by atoms with Gasteiger partial charge in [0.25, 0.3) is 0 Å². The Bertz CT molecular complexity index is 1310. The third-order valence-electron chi connectivity index (χ3n) is 6.48. The van der Waals surface area contributed by atoms with Gasteiger partial charge in [-0.15, -0.1) is 0 Å². The van der Waals surface area contributed by atoms with Gasteiger partial charge in [0.05, 0.1) is 12.8 Å². The highest BCUT2D eigenvalue weighted by Crippen LogP contribution is 2.35. The summed E-state index contributed by atoms with van der Waals surface area (Å²) in [5, 5.41) is 8.94. The largest absolute Gasteiger partial charge is 0.497 e. The fourth-order valence-electron chi connectivity index (χ4n) is 4.93. The molecule has 0 radical (unpaired) electrons.